The monoisotopic (exact) mass is 516 g/mol. The molecule has 153 valence electrons. The van der Waals surface area contributed by atoms with Gasteiger partial charge in [0.15, 0.2) is 5.69 Å². The molecule has 0 aliphatic carbocycles. The predicted octanol–water partition coefficient (Wildman–Crippen LogP) is 5.08. The fourth-order valence-electron chi connectivity index (χ4n) is 3.62. The minimum absolute atomic E-state index is 0. The Hall–Kier alpha value is -1.24. The first kappa shape index (κ1) is 23.4. The van der Waals surface area contributed by atoms with Gasteiger partial charge in [-0.3, -0.25) is 10.2 Å². The van der Waals surface area contributed by atoms with E-state index in [1.54, 1.807) is 16.8 Å². The topological polar surface area (TPSA) is 50.2 Å². The van der Waals surface area contributed by atoms with Crippen LogP contribution in [0.25, 0.3) is 16.9 Å². The molecule has 1 aromatic heterocycles. The zero-order chi connectivity index (χ0) is 20.4. The molecule has 3 aromatic rings. The van der Waals surface area contributed by atoms with Crippen molar-refractivity contribution in [1.82, 2.24) is 20.2 Å². The summed E-state index contributed by atoms with van der Waals surface area (Å²) in [6.07, 6.45) is 3.37. The van der Waals surface area contributed by atoms with E-state index in [0.29, 0.717) is 21.4 Å². The van der Waals surface area contributed by atoms with Gasteiger partial charge in [0.2, 0.25) is 0 Å². The largest absolute Gasteiger partial charge is 0.286 e. The third kappa shape index (κ3) is 4.97. The minimum Gasteiger partial charge on any atom is -0.283 e. The van der Waals surface area contributed by atoms with Crippen LogP contribution in [0, 0.1) is 13.0 Å². The first-order valence-electron chi connectivity index (χ1n) is 9.62. The molecular formula is C22H21Cl2N4OY-. The van der Waals surface area contributed by atoms with Crippen LogP contribution in [-0.4, -0.2) is 33.8 Å². The van der Waals surface area contributed by atoms with Crippen LogP contribution >= 0.6 is 23.2 Å². The fraction of sp³-hybridized carbons (Fsp3) is 0.273. The number of piperidine rings is 1. The molecule has 1 N–H and O–H groups in total. The molecule has 2 heterocycles. The van der Waals surface area contributed by atoms with Gasteiger partial charge in [-0.15, -0.1) is 5.56 Å². The standard InChI is InChI=1S/C22H21Cl2N4O.Y/c1-15-20(22(29)26-27-12-6-3-7-13-27)25-28(19-11-10-17(23)14-18(19)24)21(15)16-8-4-2-5-9-16;/h4-5,8-11,14H,3,6-7,12-13H2,1H3,(H,26,29);/q-1;. The van der Waals surface area contributed by atoms with E-state index in [1.165, 1.54) is 6.42 Å². The Balaban J connectivity index is 0.00000256. The maximum atomic E-state index is 13.0. The molecule has 5 nitrogen and oxygen atoms in total. The van der Waals surface area contributed by atoms with Crippen molar-refractivity contribution in [2.45, 2.75) is 26.2 Å². The third-order valence-corrected chi connectivity index (χ3v) is 5.62. The summed E-state index contributed by atoms with van der Waals surface area (Å²) in [5.41, 5.74) is 6.57. The second kappa shape index (κ2) is 10.4. The number of benzene rings is 2. The molecule has 4 rings (SSSR count). The summed E-state index contributed by atoms with van der Waals surface area (Å²) in [6, 6.07) is 15.8. The van der Waals surface area contributed by atoms with Crippen molar-refractivity contribution in [2.24, 2.45) is 0 Å². The van der Waals surface area contributed by atoms with E-state index in [9.17, 15) is 4.79 Å². The second-order valence-electron chi connectivity index (χ2n) is 7.11. The molecule has 0 saturated carbocycles. The summed E-state index contributed by atoms with van der Waals surface area (Å²) in [4.78, 5) is 13.0. The van der Waals surface area contributed by atoms with E-state index in [-0.39, 0.29) is 38.6 Å². The Morgan fingerprint density at radius 1 is 1.10 bits per heavy atom. The van der Waals surface area contributed by atoms with Gasteiger partial charge < -0.3 is 0 Å². The van der Waals surface area contributed by atoms with Gasteiger partial charge in [-0.05, 0) is 38.0 Å². The van der Waals surface area contributed by atoms with Gasteiger partial charge in [-0.1, -0.05) is 29.6 Å². The van der Waals surface area contributed by atoms with Crippen molar-refractivity contribution >= 4 is 29.1 Å². The average molecular weight is 517 g/mol. The van der Waals surface area contributed by atoms with Crippen LogP contribution in [-0.2, 0) is 32.7 Å². The van der Waals surface area contributed by atoms with Crippen molar-refractivity contribution in [3.8, 4) is 16.9 Å². The van der Waals surface area contributed by atoms with Crippen molar-refractivity contribution in [3.63, 3.8) is 0 Å². The zero-order valence-corrected chi connectivity index (χ0v) is 21.0. The Kier molecular flexibility index (Phi) is 8.11. The molecule has 8 heteroatoms. The fourth-order valence-corrected chi connectivity index (χ4v) is 4.11. The third-order valence-electron chi connectivity index (χ3n) is 5.08. The summed E-state index contributed by atoms with van der Waals surface area (Å²) >= 11 is 12.5. The van der Waals surface area contributed by atoms with Gasteiger partial charge in [-0.25, -0.2) is 9.69 Å². The summed E-state index contributed by atoms with van der Waals surface area (Å²) in [5.74, 6) is -0.211. The first-order chi connectivity index (χ1) is 14.0. The molecule has 1 radical (unpaired) electrons. The van der Waals surface area contributed by atoms with Crippen LogP contribution in [0.4, 0.5) is 0 Å². The molecule has 1 fully saturated rings. The van der Waals surface area contributed by atoms with Crippen LogP contribution in [0.2, 0.25) is 10.0 Å². The van der Waals surface area contributed by atoms with Gasteiger partial charge in [0.1, 0.15) is 0 Å². The molecule has 1 aliphatic heterocycles. The number of amides is 1. The summed E-state index contributed by atoms with van der Waals surface area (Å²) in [5, 5.41) is 7.63. The van der Waals surface area contributed by atoms with E-state index in [0.717, 1.165) is 42.8 Å². The second-order valence-corrected chi connectivity index (χ2v) is 7.95. The average Bonchev–Trinajstić information content (AvgIpc) is 3.06. The number of halogens is 2. The van der Waals surface area contributed by atoms with E-state index < -0.39 is 0 Å². The molecule has 0 spiro atoms. The number of hydrazine groups is 1. The normalized spacial score (nSPS) is 14.2. The Labute approximate surface area is 211 Å². The molecule has 2 aromatic carbocycles. The Bertz CT molecular complexity index is 1030. The van der Waals surface area contributed by atoms with Crippen LogP contribution in [0.5, 0.6) is 0 Å². The Morgan fingerprint density at radius 3 is 2.47 bits per heavy atom. The Morgan fingerprint density at radius 2 is 1.80 bits per heavy atom. The van der Waals surface area contributed by atoms with E-state index in [4.69, 9.17) is 23.2 Å². The van der Waals surface area contributed by atoms with Crippen LogP contribution in [0.15, 0.2) is 42.5 Å². The smallest absolute Gasteiger partial charge is 0.283 e. The van der Waals surface area contributed by atoms with Gasteiger partial charge in [-0.2, -0.15) is 35.4 Å². The quantitative estimate of drug-likeness (QED) is 0.492. The van der Waals surface area contributed by atoms with E-state index in [2.05, 4.69) is 16.6 Å². The maximum Gasteiger partial charge on any atom is 0.286 e. The van der Waals surface area contributed by atoms with E-state index in [1.807, 2.05) is 42.3 Å². The zero-order valence-electron chi connectivity index (χ0n) is 16.7. The molecule has 1 saturated heterocycles. The number of carbonyl (C=O) groups excluding carboxylic acids is 1. The summed E-state index contributed by atoms with van der Waals surface area (Å²) in [6.45, 7) is 3.62. The van der Waals surface area contributed by atoms with Gasteiger partial charge in [0.05, 0.1) is 16.4 Å². The van der Waals surface area contributed by atoms with Crippen molar-refractivity contribution in [2.75, 3.05) is 13.1 Å². The van der Waals surface area contributed by atoms with Crippen molar-refractivity contribution in [3.05, 3.63) is 69.8 Å². The van der Waals surface area contributed by atoms with Crippen LogP contribution < -0.4 is 5.43 Å². The number of nitrogens with zero attached hydrogens (tertiary/aromatic N) is 3. The molecular weight excluding hydrogens is 496 g/mol. The predicted molar refractivity (Wildman–Crippen MR) is 115 cm³/mol. The number of aromatic nitrogens is 2. The molecule has 0 unspecified atom stereocenters. The van der Waals surface area contributed by atoms with Crippen LogP contribution in [0.3, 0.4) is 0 Å². The van der Waals surface area contributed by atoms with E-state index >= 15 is 0 Å². The van der Waals surface area contributed by atoms with Crippen LogP contribution in [0.1, 0.15) is 35.3 Å². The number of hydrogen-bond acceptors (Lipinski definition) is 3. The molecule has 1 amide bonds. The number of rotatable bonds is 4. The first-order valence-corrected chi connectivity index (χ1v) is 10.4. The molecule has 0 bridgehead atoms. The number of nitrogens with one attached hydrogen (secondary N) is 1. The minimum atomic E-state index is -0.211. The number of hydrogen-bond donors (Lipinski definition) is 1. The number of carbonyl (C=O) groups is 1. The molecule has 1 aliphatic rings. The molecule has 0 atom stereocenters. The SMILES string of the molecule is Cc1c(C(=O)NN2CCCCC2)nn(-c2ccc(Cl)cc2Cl)c1-c1cc[c-]cc1.[Y]. The van der Waals surface area contributed by atoms with Gasteiger partial charge in [0.25, 0.3) is 5.91 Å². The van der Waals surface area contributed by atoms with Gasteiger partial charge in [0, 0.05) is 56.4 Å². The van der Waals surface area contributed by atoms with Crippen molar-refractivity contribution < 1.29 is 37.5 Å². The summed E-state index contributed by atoms with van der Waals surface area (Å²) in [7, 11) is 0. The molecule has 30 heavy (non-hydrogen) atoms. The van der Waals surface area contributed by atoms with Crippen molar-refractivity contribution in [1.29, 1.82) is 0 Å². The van der Waals surface area contributed by atoms with Gasteiger partial charge >= 0.3 is 0 Å². The maximum absolute atomic E-state index is 13.0. The summed E-state index contributed by atoms with van der Waals surface area (Å²) < 4.78 is 1.72.